The maximum absolute atomic E-state index is 12.8. The van der Waals surface area contributed by atoms with Gasteiger partial charge in [0.15, 0.2) is 21.9 Å². The number of carbonyl (C=O) groups excluding carboxylic acids is 1. The van der Waals surface area contributed by atoms with Gasteiger partial charge >= 0.3 is 20.7 Å². The Balaban J connectivity index is 6.91. The normalized spacial score (nSPS) is 16.1. The van der Waals surface area contributed by atoms with E-state index >= 15 is 0 Å². The lowest BCUT2D eigenvalue weighted by molar-refractivity contribution is -0.158. The summed E-state index contributed by atoms with van der Waals surface area (Å²) in [4.78, 5) is 23.7. The third-order valence-electron chi connectivity index (χ3n) is 4.04. The van der Waals surface area contributed by atoms with E-state index in [0.717, 1.165) is 12.2 Å². The first-order chi connectivity index (χ1) is 13.2. The van der Waals surface area contributed by atoms with Gasteiger partial charge in [-0.25, -0.2) is 9.59 Å². The molecule has 0 amide bonds. The van der Waals surface area contributed by atoms with E-state index in [1.165, 1.54) is 0 Å². The van der Waals surface area contributed by atoms with Crippen molar-refractivity contribution in [2.75, 3.05) is 0 Å². The van der Waals surface area contributed by atoms with Gasteiger partial charge in [-0.3, -0.25) is 0 Å². The molecule has 0 saturated carbocycles. The minimum Gasteiger partial charge on any atom is -0.478 e. The first-order valence-electron chi connectivity index (χ1n) is 10.3. The van der Waals surface area contributed by atoms with Gasteiger partial charge in [0, 0.05) is 12.2 Å². The fourth-order valence-electron chi connectivity index (χ4n) is 3.28. The van der Waals surface area contributed by atoms with Gasteiger partial charge < -0.3 is 22.2 Å². The number of carbonyl (C=O) groups is 2. The third kappa shape index (κ3) is 9.28. The van der Waals surface area contributed by atoms with E-state index in [1.54, 1.807) is 0 Å². The minimum absolute atomic E-state index is 0.174. The molecule has 1 unspecified atom stereocenters. The summed E-state index contributed by atoms with van der Waals surface area (Å²) < 4.78 is 25.9. The van der Waals surface area contributed by atoms with Gasteiger partial charge in [0.1, 0.15) is 10.5 Å². The Hall–Kier alpha value is -0.572. The van der Waals surface area contributed by atoms with E-state index in [-0.39, 0.29) is 11.3 Å². The van der Waals surface area contributed by atoms with Crippen molar-refractivity contribution in [3.63, 3.8) is 0 Å². The Bertz CT molecular complexity index is 614. The quantitative estimate of drug-likeness (QED) is 0.267. The molecule has 0 aromatic carbocycles. The lowest BCUT2D eigenvalue weighted by atomic mass is 9.85. The van der Waals surface area contributed by atoms with E-state index < -0.39 is 42.6 Å². The number of carboxylic acids is 1. The Morgan fingerprint density at radius 2 is 1.40 bits per heavy atom. The number of ether oxygens (including phenoxy) is 1. The van der Waals surface area contributed by atoms with Crippen LogP contribution in [-0.2, 0) is 26.7 Å². The fraction of sp³-hybridized carbons (Fsp3) is 0.789. The third-order valence-corrected chi connectivity index (χ3v) is 15.1. The molecule has 0 saturated heterocycles. The molecule has 176 valence electrons. The number of carboxylic acid groups (broad SMARTS) is 1. The van der Waals surface area contributed by atoms with Crippen LogP contribution >= 0.6 is 0 Å². The predicted molar refractivity (Wildman–Crippen MR) is 130 cm³/mol. The van der Waals surface area contributed by atoms with Crippen LogP contribution in [0.1, 0.15) is 41.0 Å². The Morgan fingerprint density at radius 1 is 0.967 bits per heavy atom. The van der Waals surface area contributed by atoms with Crippen LogP contribution in [0.2, 0.25) is 39.3 Å². The van der Waals surface area contributed by atoms with Crippen molar-refractivity contribution >= 4 is 47.9 Å². The summed E-state index contributed by atoms with van der Waals surface area (Å²) in [6.07, 6.45) is 2.19. The zero-order valence-corrected chi connectivity index (χ0v) is 25.8. The Morgan fingerprint density at radius 3 is 1.67 bits per heavy atom. The van der Waals surface area contributed by atoms with Gasteiger partial charge in [-0.05, 0) is 57.0 Å². The highest BCUT2D eigenvalue weighted by molar-refractivity contribution is 6.87. The summed E-state index contributed by atoms with van der Waals surface area (Å²) in [6, 6.07) is 0. The summed E-state index contributed by atoms with van der Waals surface area (Å²) >= 11 is 0. The van der Waals surface area contributed by atoms with Crippen molar-refractivity contribution in [1.29, 1.82) is 0 Å². The number of esters is 1. The largest absolute Gasteiger partial charge is 0.515 e. The molecule has 0 spiro atoms. The van der Waals surface area contributed by atoms with E-state index in [0.29, 0.717) is 16.9 Å². The molecule has 0 heterocycles. The second kappa shape index (κ2) is 10.4. The van der Waals surface area contributed by atoms with Gasteiger partial charge in [-0.15, -0.1) is 0 Å². The molecule has 0 rings (SSSR count). The first-order valence-corrected chi connectivity index (χ1v) is 19.6. The lowest BCUT2D eigenvalue weighted by Gasteiger charge is -2.52. The molecular formula is C19H42O7Si4. The van der Waals surface area contributed by atoms with E-state index in [1.807, 2.05) is 13.8 Å². The SMILES string of the molecule is CC(C)C(CC(C)(C)C)(OC(=O)C=CC(=O)O)[Si](O[SiH3])(O[Si](C)(C)C)O[Si](C)(C)C. The van der Waals surface area contributed by atoms with Crippen LogP contribution in [0.25, 0.3) is 0 Å². The summed E-state index contributed by atoms with van der Waals surface area (Å²) in [7, 11) is -7.56. The molecule has 7 nitrogen and oxygen atoms in total. The number of aliphatic carboxylic acids is 1. The highest BCUT2D eigenvalue weighted by Gasteiger charge is 2.68. The Labute approximate surface area is 188 Å². The molecule has 0 aliphatic heterocycles. The van der Waals surface area contributed by atoms with Gasteiger partial charge in [0.25, 0.3) is 0 Å². The lowest BCUT2D eigenvalue weighted by Crippen LogP contribution is -2.74. The highest BCUT2D eigenvalue weighted by Crippen LogP contribution is 2.45. The van der Waals surface area contributed by atoms with Crippen LogP contribution in [0.3, 0.4) is 0 Å². The fourth-order valence-corrected chi connectivity index (χ4v) is 16.9. The van der Waals surface area contributed by atoms with Crippen LogP contribution in [0, 0.1) is 11.3 Å². The maximum Gasteiger partial charge on any atom is 0.515 e. The molecule has 0 aliphatic carbocycles. The zero-order valence-electron chi connectivity index (χ0n) is 20.8. The summed E-state index contributed by atoms with van der Waals surface area (Å²) in [5.41, 5.74) is -0.231. The van der Waals surface area contributed by atoms with Crippen molar-refractivity contribution < 1.29 is 31.8 Å². The van der Waals surface area contributed by atoms with Gasteiger partial charge in [0.2, 0.25) is 0 Å². The van der Waals surface area contributed by atoms with Gasteiger partial charge in [-0.2, -0.15) is 0 Å². The molecule has 0 fully saturated rings. The van der Waals surface area contributed by atoms with Crippen LogP contribution in [0.5, 0.6) is 0 Å². The molecule has 1 atom stereocenters. The van der Waals surface area contributed by atoms with Gasteiger partial charge in [-0.1, -0.05) is 34.6 Å². The van der Waals surface area contributed by atoms with Crippen molar-refractivity contribution in [2.24, 2.45) is 11.3 Å². The molecule has 0 aliphatic rings. The standard InChI is InChI=1S/C19H42O7Si4/c1-15(2)19(14-18(3,4)5,23-17(22)13-12-16(20)21)30(24-27,25-28(6,7)8)26-29(9,10)11/h12-13,15H,14H2,1-11,27H3,(H,20,21). The topological polar surface area (TPSA) is 91.3 Å². The molecular weight excluding hydrogens is 453 g/mol. The van der Waals surface area contributed by atoms with Crippen molar-refractivity contribution in [3.05, 3.63) is 12.2 Å². The van der Waals surface area contributed by atoms with Crippen LogP contribution in [0.15, 0.2) is 12.2 Å². The van der Waals surface area contributed by atoms with Crippen LogP contribution in [-0.4, -0.2) is 58.2 Å². The molecule has 0 bridgehead atoms. The van der Waals surface area contributed by atoms with Gasteiger partial charge in [0.05, 0.1) is 0 Å². The summed E-state index contributed by atoms with van der Waals surface area (Å²) in [5, 5.41) is 7.78. The Kier molecular flexibility index (Phi) is 10.2. The summed E-state index contributed by atoms with van der Waals surface area (Å²) in [6.45, 7) is 22.6. The highest BCUT2D eigenvalue weighted by atomic mass is 28.5. The monoisotopic (exact) mass is 494 g/mol. The number of hydrogen-bond donors (Lipinski definition) is 1. The predicted octanol–water partition coefficient (Wildman–Crippen LogP) is 3.48. The van der Waals surface area contributed by atoms with Crippen molar-refractivity contribution in [3.8, 4) is 0 Å². The second-order valence-electron chi connectivity index (χ2n) is 11.1. The molecule has 1 N–H and O–H groups in total. The average molecular weight is 495 g/mol. The van der Waals surface area contributed by atoms with Crippen molar-refractivity contribution in [1.82, 2.24) is 0 Å². The number of rotatable bonds is 11. The van der Waals surface area contributed by atoms with E-state index in [9.17, 15) is 9.59 Å². The molecule has 0 aromatic heterocycles. The number of hydrogen-bond acceptors (Lipinski definition) is 6. The molecule has 0 aromatic rings. The van der Waals surface area contributed by atoms with E-state index in [2.05, 4.69) is 60.1 Å². The minimum atomic E-state index is -3.55. The molecule has 11 heteroatoms. The second-order valence-corrected chi connectivity index (χ2v) is 24.7. The van der Waals surface area contributed by atoms with Crippen molar-refractivity contribution in [2.45, 2.75) is 85.5 Å². The zero-order chi connectivity index (χ0) is 24.2. The smallest absolute Gasteiger partial charge is 0.478 e. The molecule has 0 radical (unpaired) electrons. The maximum atomic E-state index is 12.8. The van der Waals surface area contributed by atoms with E-state index in [4.69, 9.17) is 22.2 Å². The summed E-state index contributed by atoms with van der Waals surface area (Å²) in [5.74, 6) is -2.12. The van der Waals surface area contributed by atoms with Crippen LogP contribution in [0.4, 0.5) is 0 Å². The first kappa shape index (κ1) is 29.4. The van der Waals surface area contributed by atoms with Crippen LogP contribution < -0.4 is 0 Å². The molecule has 30 heavy (non-hydrogen) atoms. The average Bonchev–Trinajstić information content (AvgIpc) is 2.46.